The Bertz CT molecular complexity index is 632. The molecule has 1 aromatic carbocycles. The van der Waals surface area contributed by atoms with E-state index in [0.29, 0.717) is 30.6 Å². The van der Waals surface area contributed by atoms with E-state index in [0.717, 1.165) is 15.1 Å². The van der Waals surface area contributed by atoms with Crippen LogP contribution in [0.4, 0.5) is 5.82 Å². The summed E-state index contributed by atoms with van der Waals surface area (Å²) in [5.41, 5.74) is 1.12. The van der Waals surface area contributed by atoms with E-state index in [-0.39, 0.29) is 0 Å². The van der Waals surface area contributed by atoms with Crippen LogP contribution in [0.1, 0.15) is 5.56 Å². The Morgan fingerprint density at radius 2 is 2.14 bits per heavy atom. The summed E-state index contributed by atoms with van der Waals surface area (Å²) in [7, 11) is 1.65. The molecular weight excluding hydrogens is 388 g/mol. The van der Waals surface area contributed by atoms with Crippen LogP contribution in [0, 0.1) is 0 Å². The van der Waals surface area contributed by atoms with Crippen LogP contribution in [0.25, 0.3) is 0 Å². The van der Waals surface area contributed by atoms with Gasteiger partial charge in [0.1, 0.15) is 0 Å². The second-order valence-corrected chi connectivity index (χ2v) is 6.22. The van der Waals surface area contributed by atoms with Crippen LogP contribution < -0.4 is 10.6 Å². The van der Waals surface area contributed by atoms with Gasteiger partial charge in [0, 0.05) is 24.9 Å². The number of ether oxygens (including phenoxy) is 1. The first-order valence-corrected chi connectivity index (χ1v) is 8.17. The normalized spacial score (nSPS) is 10.5. The first kappa shape index (κ1) is 17.2. The van der Waals surface area contributed by atoms with Crippen molar-refractivity contribution in [3.05, 3.63) is 45.5 Å². The van der Waals surface area contributed by atoms with E-state index in [4.69, 9.17) is 28.6 Å². The van der Waals surface area contributed by atoms with Crippen molar-refractivity contribution in [2.45, 2.75) is 6.54 Å². The van der Waals surface area contributed by atoms with Crippen molar-refractivity contribution in [1.29, 1.82) is 0 Å². The lowest BCUT2D eigenvalue weighted by Gasteiger charge is -2.08. The van der Waals surface area contributed by atoms with Crippen LogP contribution >= 0.6 is 39.7 Å². The van der Waals surface area contributed by atoms with Crippen LogP contribution in [0.15, 0.2) is 34.9 Å². The topological polar surface area (TPSA) is 51.1 Å². The smallest absolute Gasteiger partial charge is 0.172 e. The van der Waals surface area contributed by atoms with Crippen LogP contribution in [0.3, 0.4) is 0 Å². The van der Waals surface area contributed by atoms with Gasteiger partial charge in [-0.15, -0.1) is 0 Å². The number of benzene rings is 1. The van der Waals surface area contributed by atoms with Gasteiger partial charge in [-0.1, -0.05) is 23.7 Å². The summed E-state index contributed by atoms with van der Waals surface area (Å²) in [5, 5.41) is 11.8. The monoisotopic (exact) mass is 402 g/mol. The van der Waals surface area contributed by atoms with E-state index in [9.17, 15) is 0 Å². The molecule has 118 valence electrons. The molecular formula is C14H16BrClN4OS. The fourth-order valence-electron chi connectivity index (χ4n) is 1.76. The van der Waals surface area contributed by atoms with E-state index < -0.39 is 0 Å². The molecule has 0 unspecified atom stereocenters. The molecule has 5 nitrogen and oxygen atoms in total. The van der Waals surface area contributed by atoms with Crippen LogP contribution in [-0.2, 0) is 11.3 Å². The van der Waals surface area contributed by atoms with E-state index in [1.54, 1.807) is 7.11 Å². The maximum absolute atomic E-state index is 5.88. The predicted octanol–water partition coefficient (Wildman–Crippen LogP) is 3.28. The average Bonchev–Trinajstić information content (AvgIpc) is 2.81. The highest BCUT2D eigenvalue weighted by Crippen LogP contribution is 2.21. The van der Waals surface area contributed by atoms with Crippen molar-refractivity contribution >= 4 is 50.7 Å². The van der Waals surface area contributed by atoms with Crippen LogP contribution in [0.5, 0.6) is 0 Å². The molecule has 0 spiro atoms. The fourth-order valence-corrected chi connectivity index (χ4v) is 2.50. The second kappa shape index (κ2) is 8.47. The minimum absolute atomic E-state index is 0.509. The molecule has 0 saturated heterocycles. The SMILES string of the molecule is COCCNC(=S)Nc1nn(Cc2ccc(Cl)cc2)cc1Br. The standard InChI is InChI=1S/C14H16BrClN4OS/c1-21-7-6-17-14(22)18-13-12(15)9-20(19-13)8-10-2-4-11(16)5-3-10/h2-5,9H,6-8H2,1H3,(H2,17,18,19,22). The van der Waals surface area contributed by atoms with Crippen molar-refractivity contribution in [1.82, 2.24) is 15.1 Å². The Kier molecular flexibility index (Phi) is 6.63. The summed E-state index contributed by atoms with van der Waals surface area (Å²) in [4.78, 5) is 0. The van der Waals surface area contributed by atoms with Gasteiger partial charge in [-0.25, -0.2) is 0 Å². The van der Waals surface area contributed by atoms with Crippen molar-refractivity contribution in [2.75, 3.05) is 25.6 Å². The molecule has 0 aliphatic carbocycles. The fraction of sp³-hybridized carbons (Fsp3) is 0.286. The van der Waals surface area contributed by atoms with Gasteiger partial charge in [0.05, 0.1) is 17.6 Å². The zero-order valence-electron chi connectivity index (χ0n) is 12.0. The van der Waals surface area contributed by atoms with E-state index in [1.807, 2.05) is 35.1 Å². The molecule has 8 heteroatoms. The van der Waals surface area contributed by atoms with Gasteiger partial charge in [0.15, 0.2) is 10.9 Å². The summed E-state index contributed by atoms with van der Waals surface area (Å²) in [6.45, 7) is 1.89. The van der Waals surface area contributed by atoms with Gasteiger partial charge in [-0.2, -0.15) is 5.10 Å². The molecule has 0 atom stereocenters. The number of nitrogens with zero attached hydrogens (tertiary/aromatic N) is 2. The third kappa shape index (κ3) is 5.24. The molecule has 0 radical (unpaired) electrons. The zero-order valence-corrected chi connectivity index (χ0v) is 15.1. The van der Waals surface area contributed by atoms with Gasteiger partial charge in [0.2, 0.25) is 0 Å². The number of hydrogen-bond donors (Lipinski definition) is 2. The van der Waals surface area contributed by atoms with Crippen molar-refractivity contribution in [2.24, 2.45) is 0 Å². The maximum Gasteiger partial charge on any atom is 0.172 e. The minimum Gasteiger partial charge on any atom is -0.383 e. The van der Waals surface area contributed by atoms with E-state index in [2.05, 4.69) is 31.7 Å². The molecule has 2 rings (SSSR count). The number of nitrogens with one attached hydrogen (secondary N) is 2. The number of thiocarbonyl (C=S) groups is 1. The van der Waals surface area contributed by atoms with Gasteiger partial charge in [0.25, 0.3) is 0 Å². The summed E-state index contributed by atoms with van der Waals surface area (Å²) >= 11 is 14.6. The molecule has 0 fully saturated rings. The number of methoxy groups -OCH3 is 1. The summed E-state index contributed by atoms with van der Waals surface area (Å²) in [5.74, 6) is 0.670. The first-order chi connectivity index (χ1) is 10.6. The Morgan fingerprint density at radius 3 is 2.82 bits per heavy atom. The molecule has 22 heavy (non-hydrogen) atoms. The number of rotatable bonds is 6. The Labute approximate surface area is 148 Å². The molecule has 0 aliphatic rings. The zero-order chi connectivity index (χ0) is 15.9. The van der Waals surface area contributed by atoms with E-state index >= 15 is 0 Å². The Hall–Kier alpha value is -1.15. The highest BCUT2D eigenvalue weighted by Gasteiger charge is 2.08. The molecule has 0 amide bonds. The lowest BCUT2D eigenvalue weighted by atomic mass is 10.2. The van der Waals surface area contributed by atoms with E-state index in [1.165, 1.54) is 0 Å². The summed E-state index contributed by atoms with van der Waals surface area (Å²) < 4.78 is 7.63. The molecule has 0 bridgehead atoms. The van der Waals surface area contributed by atoms with Crippen molar-refractivity contribution in [3.8, 4) is 0 Å². The number of hydrogen-bond acceptors (Lipinski definition) is 3. The van der Waals surface area contributed by atoms with Crippen molar-refractivity contribution < 1.29 is 4.74 Å². The number of aromatic nitrogens is 2. The predicted molar refractivity (Wildman–Crippen MR) is 96.6 cm³/mol. The molecule has 2 N–H and O–H groups in total. The molecule has 1 aromatic heterocycles. The third-order valence-electron chi connectivity index (χ3n) is 2.80. The lowest BCUT2D eigenvalue weighted by molar-refractivity contribution is 0.204. The quantitative estimate of drug-likeness (QED) is 0.573. The number of anilines is 1. The molecule has 2 aromatic rings. The van der Waals surface area contributed by atoms with Crippen LogP contribution in [-0.4, -0.2) is 35.2 Å². The van der Waals surface area contributed by atoms with Gasteiger partial charge >= 0.3 is 0 Å². The number of halogens is 2. The minimum atomic E-state index is 0.509. The molecule has 0 saturated carbocycles. The molecule has 1 heterocycles. The first-order valence-electron chi connectivity index (χ1n) is 6.59. The summed E-state index contributed by atoms with van der Waals surface area (Å²) in [6.07, 6.45) is 1.90. The largest absolute Gasteiger partial charge is 0.383 e. The third-order valence-corrected chi connectivity index (χ3v) is 3.88. The van der Waals surface area contributed by atoms with Gasteiger partial charge < -0.3 is 15.4 Å². The van der Waals surface area contributed by atoms with Gasteiger partial charge in [-0.05, 0) is 45.8 Å². The Morgan fingerprint density at radius 1 is 1.41 bits per heavy atom. The highest BCUT2D eigenvalue weighted by atomic mass is 79.9. The van der Waals surface area contributed by atoms with Crippen LogP contribution in [0.2, 0.25) is 5.02 Å². The van der Waals surface area contributed by atoms with Gasteiger partial charge in [-0.3, -0.25) is 4.68 Å². The summed E-state index contributed by atoms with van der Waals surface area (Å²) in [6, 6.07) is 7.68. The van der Waals surface area contributed by atoms with Crippen molar-refractivity contribution in [3.63, 3.8) is 0 Å². The lowest BCUT2D eigenvalue weighted by Crippen LogP contribution is -2.31. The average molecular weight is 404 g/mol. The molecule has 0 aliphatic heterocycles. The maximum atomic E-state index is 5.88. The highest BCUT2D eigenvalue weighted by molar-refractivity contribution is 9.10. The second-order valence-electron chi connectivity index (χ2n) is 4.52. The Balaban J connectivity index is 1.95.